The standard InChI is InChI=1S/C17H27BrN2/c1-13(2)14-6-5-10-20(11-9-14)17(12-19)15-7-3-4-8-16(15)18/h3-4,7-8,13-14,17H,5-6,9-12,19H2,1-2H3. The van der Waals surface area contributed by atoms with Crippen LogP contribution in [0.15, 0.2) is 28.7 Å². The molecule has 1 heterocycles. The third-order valence-corrected chi connectivity index (χ3v) is 5.40. The highest BCUT2D eigenvalue weighted by molar-refractivity contribution is 9.10. The zero-order chi connectivity index (χ0) is 14.5. The summed E-state index contributed by atoms with van der Waals surface area (Å²) in [6.07, 6.45) is 3.96. The molecule has 0 aliphatic carbocycles. The average Bonchev–Trinajstić information content (AvgIpc) is 2.68. The zero-order valence-corrected chi connectivity index (χ0v) is 14.3. The Balaban J connectivity index is 2.10. The topological polar surface area (TPSA) is 29.3 Å². The second-order valence-electron chi connectivity index (χ2n) is 6.24. The summed E-state index contributed by atoms with van der Waals surface area (Å²) in [6, 6.07) is 8.84. The van der Waals surface area contributed by atoms with E-state index in [1.807, 2.05) is 0 Å². The van der Waals surface area contributed by atoms with E-state index in [1.54, 1.807) is 0 Å². The lowest BCUT2D eigenvalue weighted by Crippen LogP contribution is -2.35. The number of benzene rings is 1. The van der Waals surface area contributed by atoms with Crippen molar-refractivity contribution in [2.45, 2.75) is 39.2 Å². The maximum Gasteiger partial charge on any atom is 0.0481 e. The second kappa shape index (κ2) is 7.58. The van der Waals surface area contributed by atoms with Gasteiger partial charge in [0, 0.05) is 17.1 Å². The van der Waals surface area contributed by atoms with Crippen LogP contribution in [0, 0.1) is 11.8 Å². The van der Waals surface area contributed by atoms with Gasteiger partial charge in [-0.1, -0.05) is 48.0 Å². The summed E-state index contributed by atoms with van der Waals surface area (Å²) in [7, 11) is 0. The van der Waals surface area contributed by atoms with Gasteiger partial charge < -0.3 is 5.73 Å². The van der Waals surface area contributed by atoms with Gasteiger partial charge in [0.25, 0.3) is 0 Å². The van der Waals surface area contributed by atoms with Gasteiger partial charge >= 0.3 is 0 Å². The summed E-state index contributed by atoms with van der Waals surface area (Å²) >= 11 is 3.68. The molecule has 1 fully saturated rings. The fraction of sp³-hybridized carbons (Fsp3) is 0.647. The van der Waals surface area contributed by atoms with E-state index in [0.29, 0.717) is 12.6 Å². The fourth-order valence-electron chi connectivity index (χ4n) is 3.34. The van der Waals surface area contributed by atoms with Crippen LogP contribution in [-0.2, 0) is 0 Å². The first kappa shape index (κ1) is 16.0. The van der Waals surface area contributed by atoms with Gasteiger partial charge in [-0.3, -0.25) is 4.90 Å². The molecule has 1 aromatic carbocycles. The summed E-state index contributed by atoms with van der Waals surface area (Å²) in [5.41, 5.74) is 7.42. The van der Waals surface area contributed by atoms with Crippen LogP contribution < -0.4 is 5.73 Å². The Bertz CT molecular complexity index is 419. The van der Waals surface area contributed by atoms with E-state index in [4.69, 9.17) is 5.73 Å². The smallest absolute Gasteiger partial charge is 0.0481 e. The SMILES string of the molecule is CC(C)C1CCCN(C(CN)c2ccccc2Br)CC1. The number of nitrogens with zero attached hydrogens (tertiary/aromatic N) is 1. The third kappa shape index (κ3) is 3.84. The van der Waals surface area contributed by atoms with E-state index in [-0.39, 0.29) is 0 Å². The number of hydrogen-bond donors (Lipinski definition) is 1. The van der Waals surface area contributed by atoms with Gasteiger partial charge in [0.15, 0.2) is 0 Å². The Morgan fingerprint density at radius 3 is 2.65 bits per heavy atom. The minimum Gasteiger partial charge on any atom is -0.329 e. The highest BCUT2D eigenvalue weighted by atomic mass is 79.9. The molecule has 0 amide bonds. The van der Waals surface area contributed by atoms with E-state index in [9.17, 15) is 0 Å². The van der Waals surface area contributed by atoms with E-state index in [2.05, 4.69) is 58.9 Å². The molecule has 2 atom stereocenters. The molecule has 1 aromatic rings. The number of halogens is 1. The van der Waals surface area contributed by atoms with Gasteiger partial charge in [-0.25, -0.2) is 0 Å². The minimum absolute atomic E-state index is 0.344. The van der Waals surface area contributed by atoms with E-state index in [0.717, 1.165) is 11.8 Å². The zero-order valence-electron chi connectivity index (χ0n) is 12.7. The predicted molar refractivity (Wildman–Crippen MR) is 89.7 cm³/mol. The largest absolute Gasteiger partial charge is 0.329 e. The number of nitrogens with two attached hydrogens (primary N) is 1. The lowest BCUT2D eigenvalue weighted by molar-refractivity contribution is 0.203. The normalized spacial score (nSPS) is 22.8. The van der Waals surface area contributed by atoms with Gasteiger partial charge in [-0.15, -0.1) is 0 Å². The lowest BCUT2D eigenvalue weighted by Gasteiger charge is -2.31. The Hall–Kier alpha value is -0.380. The van der Waals surface area contributed by atoms with Gasteiger partial charge in [-0.05, 0) is 55.8 Å². The highest BCUT2D eigenvalue weighted by Crippen LogP contribution is 2.31. The average molecular weight is 339 g/mol. The molecule has 1 aliphatic heterocycles. The molecular formula is C17H27BrN2. The molecule has 0 aromatic heterocycles. The fourth-order valence-corrected chi connectivity index (χ4v) is 3.89. The number of likely N-dealkylation sites (tertiary alicyclic amines) is 1. The van der Waals surface area contributed by atoms with Crippen LogP contribution in [0.3, 0.4) is 0 Å². The van der Waals surface area contributed by atoms with Crippen LogP contribution in [0.2, 0.25) is 0 Å². The number of hydrogen-bond acceptors (Lipinski definition) is 2. The summed E-state index contributed by atoms with van der Waals surface area (Å²) in [5, 5.41) is 0. The summed E-state index contributed by atoms with van der Waals surface area (Å²) in [5.74, 6) is 1.67. The van der Waals surface area contributed by atoms with Crippen LogP contribution in [0.5, 0.6) is 0 Å². The van der Waals surface area contributed by atoms with Crippen LogP contribution in [-0.4, -0.2) is 24.5 Å². The molecule has 1 saturated heterocycles. The Labute approximate surface area is 131 Å². The molecule has 0 saturated carbocycles. The first-order chi connectivity index (χ1) is 9.63. The second-order valence-corrected chi connectivity index (χ2v) is 7.10. The third-order valence-electron chi connectivity index (χ3n) is 4.68. The first-order valence-corrected chi connectivity index (χ1v) is 8.61. The van der Waals surface area contributed by atoms with Crippen molar-refractivity contribution >= 4 is 15.9 Å². The van der Waals surface area contributed by atoms with Crippen molar-refractivity contribution in [1.82, 2.24) is 4.90 Å². The highest BCUT2D eigenvalue weighted by Gasteiger charge is 2.25. The van der Waals surface area contributed by atoms with E-state index >= 15 is 0 Å². The number of rotatable bonds is 4. The molecule has 0 spiro atoms. The molecule has 2 unspecified atom stereocenters. The van der Waals surface area contributed by atoms with Crippen molar-refractivity contribution in [2.24, 2.45) is 17.6 Å². The van der Waals surface area contributed by atoms with Crippen LogP contribution >= 0.6 is 15.9 Å². The van der Waals surface area contributed by atoms with Crippen LogP contribution in [0.25, 0.3) is 0 Å². The van der Waals surface area contributed by atoms with Crippen molar-refractivity contribution in [3.63, 3.8) is 0 Å². The molecule has 1 aliphatic rings. The molecule has 2 nitrogen and oxygen atoms in total. The van der Waals surface area contributed by atoms with Crippen molar-refractivity contribution in [3.05, 3.63) is 34.3 Å². The van der Waals surface area contributed by atoms with Crippen LogP contribution in [0.1, 0.15) is 44.7 Å². The molecule has 2 N–H and O–H groups in total. The molecule has 20 heavy (non-hydrogen) atoms. The predicted octanol–water partition coefficient (Wildman–Crippen LogP) is 4.21. The molecule has 0 bridgehead atoms. The molecule has 2 rings (SSSR count). The Morgan fingerprint density at radius 2 is 2.00 bits per heavy atom. The first-order valence-electron chi connectivity index (χ1n) is 7.82. The van der Waals surface area contributed by atoms with Crippen molar-refractivity contribution < 1.29 is 0 Å². The van der Waals surface area contributed by atoms with Gasteiger partial charge in [-0.2, -0.15) is 0 Å². The maximum absolute atomic E-state index is 6.09. The molecule has 3 heteroatoms. The van der Waals surface area contributed by atoms with Crippen molar-refractivity contribution in [2.75, 3.05) is 19.6 Å². The molecule has 0 radical (unpaired) electrons. The van der Waals surface area contributed by atoms with Gasteiger partial charge in [0.05, 0.1) is 0 Å². The Morgan fingerprint density at radius 1 is 1.25 bits per heavy atom. The minimum atomic E-state index is 0.344. The Kier molecular flexibility index (Phi) is 6.06. The summed E-state index contributed by atoms with van der Waals surface area (Å²) < 4.78 is 1.18. The molecular weight excluding hydrogens is 312 g/mol. The van der Waals surface area contributed by atoms with Crippen molar-refractivity contribution in [3.8, 4) is 0 Å². The quantitative estimate of drug-likeness (QED) is 0.890. The lowest BCUT2D eigenvalue weighted by atomic mass is 9.89. The molecule has 112 valence electrons. The van der Waals surface area contributed by atoms with Crippen LogP contribution in [0.4, 0.5) is 0 Å². The van der Waals surface area contributed by atoms with E-state index in [1.165, 1.54) is 42.4 Å². The van der Waals surface area contributed by atoms with Gasteiger partial charge in [0.2, 0.25) is 0 Å². The maximum atomic E-state index is 6.09. The van der Waals surface area contributed by atoms with Gasteiger partial charge in [0.1, 0.15) is 0 Å². The van der Waals surface area contributed by atoms with Crippen molar-refractivity contribution in [1.29, 1.82) is 0 Å². The monoisotopic (exact) mass is 338 g/mol. The summed E-state index contributed by atoms with van der Waals surface area (Å²) in [4.78, 5) is 2.59. The summed E-state index contributed by atoms with van der Waals surface area (Å²) in [6.45, 7) is 7.75. The van der Waals surface area contributed by atoms with E-state index < -0.39 is 0 Å².